The van der Waals surface area contributed by atoms with Gasteiger partial charge in [0.1, 0.15) is 0 Å². The molecule has 0 aromatic heterocycles. The van der Waals surface area contributed by atoms with Gasteiger partial charge in [0, 0.05) is 10.8 Å². The van der Waals surface area contributed by atoms with Crippen molar-refractivity contribution in [2.45, 2.75) is 72.0 Å². The van der Waals surface area contributed by atoms with E-state index in [1.807, 2.05) is 0 Å². The molecule has 0 saturated heterocycles. The molecule has 2 heteroatoms. The van der Waals surface area contributed by atoms with Gasteiger partial charge in [-0.1, -0.05) is 45.4 Å². The molecule has 0 spiro atoms. The lowest BCUT2D eigenvalue weighted by Gasteiger charge is -2.62. The van der Waals surface area contributed by atoms with Crippen molar-refractivity contribution in [3.05, 3.63) is 24.3 Å². The zero-order valence-electron chi connectivity index (χ0n) is 14.6. The van der Waals surface area contributed by atoms with Crippen LogP contribution in [-0.2, 0) is 0 Å². The third kappa shape index (κ3) is 2.14. The van der Waals surface area contributed by atoms with E-state index in [4.69, 9.17) is 0 Å². The first-order valence-corrected chi connectivity index (χ1v) is 8.85. The highest BCUT2D eigenvalue weighted by atomic mass is 16.3. The van der Waals surface area contributed by atoms with E-state index in [0.717, 1.165) is 25.7 Å². The Hall–Kier alpha value is -0.600. The molecule has 0 aliphatic heterocycles. The van der Waals surface area contributed by atoms with Crippen molar-refractivity contribution in [3.63, 3.8) is 0 Å². The number of allylic oxidation sites excluding steroid dienone is 3. The predicted octanol–water partition coefficient (Wildman–Crippen LogP) is 4.08. The van der Waals surface area contributed by atoms with Crippen LogP contribution >= 0.6 is 0 Å². The molecule has 124 valence electrons. The van der Waals surface area contributed by atoms with Crippen molar-refractivity contribution >= 4 is 0 Å². The molecular weight excluding hydrogens is 272 g/mol. The molecule has 3 aliphatic rings. The Morgan fingerprint density at radius 2 is 1.86 bits per heavy atom. The lowest BCUT2D eigenvalue weighted by Crippen LogP contribution is -2.62. The lowest BCUT2D eigenvalue weighted by atomic mass is 9.44. The van der Waals surface area contributed by atoms with Crippen molar-refractivity contribution < 1.29 is 10.2 Å². The van der Waals surface area contributed by atoms with E-state index < -0.39 is 12.2 Å². The molecule has 0 radical (unpaired) electrons. The van der Waals surface area contributed by atoms with E-state index in [9.17, 15) is 10.2 Å². The average molecular weight is 304 g/mol. The molecule has 0 aromatic carbocycles. The second-order valence-electron chi connectivity index (χ2n) is 9.18. The lowest BCUT2D eigenvalue weighted by molar-refractivity contribution is -0.191. The van der Waals surface area contributed by atoms with Gasteiger partial charge >= 0.3 is 0 Å². The third-order valence-corrected chi connectivity index (χ3v) is 7.30. The smallest absolute Gasteiger partial charge is 0.0861 e. The quantitative estimate of drug-likeness (QED) is 0.717. The fraction of sp³-hybridized carbons (Fsp3) is 0.800. The minimum atomic E-state index is -0.604. The van der Waals surface area contributed by atoms with E-state index in [1.165, 1.54) is 5.57 Å². The predicted molar refractivity (Wildman–Crippen MR) is 90.4 cm³/mol. The highest BCUT2D eigenvalue weighted by Crippen LogP contribution is 2.63. The van der Waals surface area contributed by atoms with Crippen molar-refractivity contribution in [1.29, 1.82) is 0 Å². The van der Waals surface area contributed by atoms with E-state index >= 15 is 0 Å². The molecule has 2 fully saturated rings. The molecule has 3 aliphatic carbocycles. The van der Waals surface area contributed by atoms with Gasteiger partial charge in [-0.25, -0.2) is 0 Å². The van der Waals surface area contributed by atoms with Crippen LogP contribution < -0.4 is 0 Å². The van der Waals surface area contributed by atoms with E-state index in [2.05, 4.69) is 46.4 Å². The van der Waals surface area contributed by atoms with Crippen molar-refractivity contribution in [2.75, 3.05) is 0 Å². The molecule has 0 unspecified atom stereocenters. The number of hydrogen-bond acceptors (Lipinski definition) is 2. The van der Waals surface area contributed by atoms with Gasteiger partial charge < -0.3 is 10.2 Å². The first kappa shape index (κ1) is 16.3. The van der Waals surface area contributed by atoms with Crippen LogP contribution in [-0.4, -0.2) is 22.4 Å². The van der Waals surface area contributed by atoms with Crippen LogP contribution in [0, 0.1) is 28.1 Å². The number of hydrogen-bond donors (Lipinski definition) is 2. The van der Waals surface area contributed by atoms with Gasteiger partial charge in [-0.3, -0.25) is 0 Å². The van der Waals surface area contributed by atoms with Crippen LogP contribution in [0.1, 0.15) is 59.8 Å². The van der Waals surface area contributed by atoms with E-state index in [-0.39, 0.29) is 16.2 Å². The van der Waals surface area contributed by atoms with Gasteiger partial charge in [-0.2, -0.15) is 0 Å². The maximum Gasteiger partial charge on any atom is 0.0861 e. The van der Waals surface area contributed by atoms with Gasteiger partial charge in [-0.05, 0) is 49.4 Å². The molecule has 2 N–H and O–H groups in total. The van der Waals surface area contributed by atoms with Gasteiger partial charge in [0.2, 0.25) is 0 Å². The SMILES string of the molecule is C=C[C@]1(C)C=C2CC[C@H]3C(C)(C)C[C@H](O)[C@H](O)[C@]3(C)[C@H]2CC1. The summed E-state index contributed by atoms with van der Waals surface area (Å²) in [5.74, 6) is 0.886. The molecule has 3 rings (SSSR count). The standard InChI is InChI=1S/C20H32O2/c1-6-19(4)10-9-14-13(11-19)7-8-16-18(2,3)12-15(21)17(22)20(14,16)5/h6,11,14-17,21-22H,1,7-10,12H2,2-5H3/t14-,15-,16-,17-,19-,20+/m0/s1. The Balaban J connectivity index is 2.04. The van der Waals surface area contributed by atoms with Crippen molar-refractivity contribution in [2.24, 2.45) is 28.1 Å². The topological polar surface area (TPSA) is 40.5 Å². The summed E-state index contributed by atoms with van der Waals surface area (Å²) in [5, 5.41) is 21.4. The summed E-state index contributed by atoms with van der Waals surface area (Å²) in [6.07, 6.45) is 8.46. The normalized spacial score (nSPS) is 50.5. The Kier molecular flexibility index (Phi) is 3.66. The Labute approximate surface area is 135 Å². The van der Waals surface area contributed by atoms with Crippen LogP contribution in [0.4, 0.5) is 0 Å². The zero-order chi connectivity index (χ0) is 16.3. The Morgan fingerprint density at radius 1 is 1.18 bits per heavy atom. The number of aliphatic hydroxyl groups is 2. The summed E-state index contributed by atoms with van der Waals surface area (Å²) in [4.78, 5) is 0. The Morgan fingerprint density at radius 3 is 2.50 bits per heavy atom. The Bertz CT molecular complexity index is 506. The van der Waals surface area contributed by atoms with Crippen LogP contribution in [0.25, 0.3) is 0 Å². The maximum atomic E-state index is 10.9. The molecule has 0 heterocycles. The van der Waals surface area contributed by atoms with Gasteiger partial charge in [0.05, 0.1) is 12.2 Å². The molecule has 0 aromatic rings. The van der Waals surface area contributed by atoms with Crippen LogP contribution in [0.2, 0.25) is 0 Å². The average Bonchev–Trinajstić information content (AvgIpc) is 2.44. The van der Waals surface area contributed by atoms with Crippen LogP contribution in [0.3, 0.4) is 0 Å². The largest absolute Gasteiger partial charge is 0.390 e. The van der Waals surface area contributed by atoms with Crippen LogP contribution in [0.15, 0.2) is 24.3 Å². The molecule has 0 amide bonds. The summed E-state index contributed by atoms with van der Waals surface area (Å²) in [6, 6.07) is 0. The van der Waals surface area contributed by atoms with E-state index in [0.29, 0.717) is 18.3 Å². The molecule has 2 saturated carbocycles. The first-order chi connectivity index (χ1) is 10.1. The summed E-state index contributed by atoms with van der Waals surface area (Å²) < 4.78 is 0. The second-order valence-corrected chi connectivity index (χ2v) is 9.18. The van der Waals surface area contributed by atoms with Gasteiger partial charge in [0.15, 0.2) is 0 Å². The number of fused-ring (bicyclic) bond motifs is 3. The highest BCUT2D eigenvalue weighted by molar-refractivity contribution is 5.27. The van der Waals surface area contributed by atoms with Gasteiger partial charge in [-0.15, -0.1) is 6.58 Å². The molecule has 6 atom stereocenters. The summed E-state index contributed by atoms with van der Waals surface area (Å²) >= 11 is 0. The van der Waals surface area contributed by atoms with Crippen molar-refractivity contribution in [1.82, 2.24) is 0 Å². The third-order valence-electron chi connectivity index (χ3n) is 7.30. The highest BCUT2D eigenvalue weighted by Gasteiger charge is 2.60. The number of aliphatic hydroxyl groups excluding tert-OH is 2. The molecular formula is C20H32O2. The molecule has 0 bridgehead atoms. The summed E-state index contributed by atoms with van der Waals surface area (Å²) in [5.41, 5.74) is 1.49. The fourth-order valence-corrected chi connectivity index (χ4v) is 6.07. The summed E-state index contributed by atoms with van der Waals surface area (Å²) in [7, 11) is 0. The minimum absolute atomic E-state index is 0.0954. The zero-order valence-corrected chi connectivity index (χ0v) is 14.6. The molecule has 2 nitrogen and oxygen atoms in total. The minimum Gasteiger partial charge on any atom is -0.390 e. The van der Waals surface area contributed by atoms with Crippen LogP contribution in [0.5, 0.6) is 0 Å². The monoisotopic (exact) mass is 304 g/mol. The second kappa shape index (κ2) is 4.95. The van der Waals surface area contributed by atoms with Gasteiger partial charge in [0.25, 0.3) is 0 Å². The first-order valence-electron chi connectivity index (χ1n) is 8.85. The van der Waals surface area contributed by atoms with E-state index in [1.54, 1.807) is 0 Å². The van der Waals surface area contributed by atoms with Crippen molar-refractivity contribution in [3.8, 4) is 0 Å². The molecule has 22 heavy (non-hydrogen) atoms. The maximum absolute atomic E-state index is 10.9. The number of rotatable bonds is 1. The summed E-state index contributed by atoms with van der Waals surface area (Å²) in [6.45, 7) is 13.1. The fourth-order valence-electron chi connectivity index (χ4n) is 6.07.